The second-order valence-electron chi connectivity index (χ2n) is 7.83. The Morgan fingerprint density at radius 3 is 2.68 bits per heavy atom. The van der Waals surface area contributed by atoms with Crippen molar-refractivity contribution in [1.29, 1.82) is 0 Å². The molecule has 10 nitrogen and oxygen atoms in total. The number of fused-ring (bicyclic) bond motifs is 1. The van der Waals surface area contributed by atoms with Crippen LogP contribution in [-0.2, 0) is 11.3 Å². The number of carbonyl (C=O) groups is 1. The summed E-state index contributed by atoms with van der Waals surface area (Å²) in [4.78, 5) is 35.4. The fourth-order valence-corrected chi connectivity index (χ4v) is 3.56. The van der Waals surface area contributed by atoms with E-state index in [0.717, 1.165) is 41.0 Å². The average Bonchev–Trinajstić information content (AvgIpc) is 3.25. The number of H-pyrrole nitrogens is 1. The van der Waals surface area contributed by atoms with Gasteiger partial charge in [0.05, 0.1) is 23.3 Å². The molecule has 0 aliphatic heterocycles. The third kappa shape index (κ3) is 5.53. The highest BCUT2D eigenvalue weighted by Crippen LogP contribution is 2.32. The van der Waals surface area contributed by atoms with Gasteiger partial charge in [0, 0.05) is 56.5 Å². The lowest BCUT2D eigenvalue weighted by Gasteiger charge is -2.15. The van der Waals surface area contributed by atoms with E-state index in [1.54, 1.807) is 25.6 Å². The van der Waals surface area contributed by atoms with Crippen molar-refractivity contribution >= 4 is 23.0 Å². The van der Waals surface area contributed by atoms with Gasteiger partial charge in [-0.15, -0.1) is 0 Å². The van der Waals surface area contributed by atoms with Crippen molar-refractivity contribution in [1.82, 2.24) is 35.1 Å². The van der Waals surface area contributed by atoms with Crippen molar-refractivity contribution in [2.45, 2.75) is 13.5 Å². The summed E-state index contributed by atoms with van der Waals surface area (Å²) in [5.41, 5.74) is 5.07. The molecule has 0 saturated heterocycles. The van der Waals surface area contributed by atoms with E-state index in [1.807, 2.05) is 44.4 Å². The molecule has 2 amide bonds. The number of hydrogen-bond donors (Lipinski definition) is 3. The van der Waals surface area contributed by atoms with E-state index in [0.29, 0.717) is 30.4 Å². The molecule has 0 aliphatic rings. The van der Waals surface area contributed by atoms with Gasteiger partial charge in [-0.3, -0.25) is 15.2 Å². The normalized spacial score (nSPS) is 11.2. The first kappa shape index (κ1) is 23.3. The molecular weight excluding hydrogens is 432 g/mol. The van der Waals surface area contributed by atoms with E-state index >= 15 is 0 Å². The minimum Gasteiger partial charge on any atom is -0.383 e. The fourth-order valence-electron chi connectivity index (χ4n) is 3.56. The Morgan fingerprint density at radius 2 is 1.97 bits per heavy atom. The number of ether oxygens (including phenoxy) is 1. The smallest absolute Gasteiger partial charge is 0.321 e. The monoisotopic (exact) mass is 460 g/mol. The van der Waals surface area contributed by atoms with Crippen LogP contribution in [0.4, 0.5) is 10.7 Å². The quantitative estimate of drug-likeness (QED) is 0.350. The molecule has 34 heavy (non-hydrogen) atoms. The summed E-state index contributed by atoms with van der Waals surface area (Å²) < 4.78 is 5.14. The third-order valence-electron chi connectivity index (χ3n) is 5.24. The predicted octanol–water partition coefficient (Wildman–Crippen LogP) is 3.30. The molecule has 0 bridgehead atoms. The standard InChI is InChI=1S/C24H28N8O2/c1-4-25-24(33)31-23-29-20-13-17(12-19(21(20)30-23)22-26-8-5-9-27-22)16-6-7-18(28-14-16)15-32(2)10-11-34-3/h5-9,12-14H,4,10-11,15H2,1-3H3,(H3,25,29,30,31,33). The van der Waals surface area contributed by atoms with Gasteiger partial charge in [-0.1, -0.05) is 6.07 Å². The van der Waals surface area contributed by atoms with E-state index in [9.17, 15) is 4.79 Å². The number of nitrogens with one attached hydrogen (secondary N) is 3. The van der Waals surface area contributed by atoms with Gasteiger partial charge in [-0.25, -0.2) is 19.7 Å². The van der Waals surface area contributed by atoms with Crippen molar-refractivity contribution in [3.05, 3.63) is 54.6 Å². The molecule has 0 fully saturated rings. The zero-order valence-corrected chi connectivity index (χ0v) is 19.5. The lowest BCUT2D eigenvalue weighted by Crippen LogP contribution is -2.28. The van der Waals surface area contributed by atoms with E-state index < -0.39 is 0 Å². The molecule has 0 saturated carbocycles. The molecule has 3 N–H and O–H groups in total. The number of aromatic amines is 1. The number of urea groups is 1. The molecule has 0 atom stereocenters. The average molecular weight is 461 g/mol. The van der Waals surface area contributed by atoms with E-state index in [4.69, 9.17) is 4.74 Å². The molecule has 0 unspecified atom stereocenters. The highest BCUT2D eigenvalue weighted by molar-refractivity contribution is 5.97. The van der Waals surface area contributed by atoms with Gasteiger partial charge in [0.25, 0.3) is 0 Å². The zero-order chi connectivity index (χ0) is 23.9. The van der Waals surface area contributed by atoms with Gasteiger partial charge in [-0.05, 0) is 43.8 Å². The maximum atomic E-state index is 12.0. The summed E-state index contributed by atoms with van der Waals surface area (Å²) in [7, 11) is 3.74. The molecule has 3 aromatic heterocycles. The minimum atomic E-state index is -0.324. The maximum absolute atomic E-state index is 12.0. The van der Waals surface area contributed by atoms with Crippen molar-refractivity contribution in [2.75, 3.05) is 39.2 Å². The van der Waals surface area contributed by atoms with E-state index in [-0.39, 0.29) is 6.03 Å². The molecule has 176 valence electrons. The molecule has 10 heteroatoms. The van der Waals surface area contributed by atoms with Crippen LogP contribution in [0.3, 0.4) is 0 Å². The summed E-state index contributed by atoms with van der Waals surface area (Å²) >= 11 is 0. The summed E-state index contributed by atoms with van der Waals surface area (Å²) in [6.07, 6.45) is 5.25. The summed E-state index contributed by atoms with van der Waals surface area (Å²) in [5, 5.41) is 5.43. The zero-order valence-electron chi connectivity index (χ0n) is 19.5. The molecule has 4 rings (SSSR count). The molecule has 0 spiro atoms. The number of anilines is 1. The first-order valence-electron chi connectivity index (χ1n) is 11.1. The number of amides is 2. The largest absolute Gasteiger partial charge is 0.383 e. The van der Waals surface area contributed by atoms with Gasteiger partial charge in [-0.2, -0.15) is 0 Å². The number of methoxy groups -OCH3 is 1. The van der Waals surface area contributed by atoms with E-state index in [1.165, 1.54) is 0 Å². The SMILES string of the molecule is CCNC(=O)Nc1nc2cc(-c3ccc(CN(C)CCOC)nc3)cc(-c3ncccn3)c2[nH]1. The Morgan fingerprint density at radius 1 is 1.15 bits per heavy atom. The first-order valence-corrected chi connectivity index (χ1v) is 11.1. The minimum absolute atomic E-state index is 0.324. The Labute approximate surface area is 197 Å². The van der Waals surface area contributed by atoms with Crippen LogP contribution in [0.2, 0.25) is 0 Å². The molecular formula is C24H28N8O2. The first-order chi connectivity index (χ1) is 16.6. The molecule has 1 aromatic carbocycles. The number of nitrogens with zero attached hydrogens (tertiary/aromatic N) is 5. The van der Waals surface area contributed by atoms with Gasteiger partial charge in [0.2, 0.25) is 5.95 Å². The Kier molecular flexibility index (Phi) is 7.41. The van der Waals surface area contributed by atoms with Crippen LogP contribution in [0, 0.1) is 0 Å². The number of carbonyl (C=O) groups excluding carboxylic acids is 1. The molecule has 0 aliphatic carbocycles. The van der Waals surface area contributed by atoms with Crippen LogP contribution in [0.25, 0.3) is 33.5 Å². The third-order valence-corrected chi connectivity index (χ3v) is 5.24. The number of likely N-dealkylation sites (N-methyl/N-ethyl adjacent to an activating group) is 1. The highest BCUT2D eigenvalue weighted by atomic mass is 16.5. The topological polar surface area (TPSA) is 121 Å². The highest BCUT2D eigenvalue weighted by Gasteiger charge is 2.15. The summed E-state index contributed by atoms with van der Waals surface area (Å²) in [6.45, 7) is 4.62. The number of pyridine rings is 1. The second-order valence-corrected chi connectivity index (χ2v) is 7.83. The Hall–Kier alpha value is -3.89. The van der Waals surface area contributed by atoms with Crippen molar-refractivity contribution < 1.29 is 9.53 Å². The summed E-state index contributed by atoms with van der Waals surface area (Å²) in [6, 6.07) is 9.48. The number of imidazole rings is 1. The molecule has 0 radical (unpaired) electrons. The summed E-state index contributed by atoms with van der Waals surface area (Å²) in [5.74, 6) is 0.912. The Bertz CT molecular complexity index is 1240. The van der Waals surface area contributed by atoms with Crippen LogP contribution in [0.1, 0.15) is 12.6 Å². The lowest BCUT2D eigenvalue weighted by molar-refractivity contribution is 0.158. The Balaban J connectivity index is 1.68. The van der Waals surface area contributed by atoms with Crippen molar-refractivity contribution in [3.63, 3.8) is 0 Å². The van der Waals surface area contributed by atoms with Crippen LogP contribution in [0.5, 0.6) is 0 Å². The predicted molar refractivity (Wildman–Crippen MR) is 131 cm³/mol. The lowest BCUT2D eigenvalue weighted by atomic mass is 10.0. The van der Waals surface area contributed by atoms with Crippen molar-refractivity contribution in [3.8, 4) is 22.5 Å². The van der Waals surface area contributed by atoms with Gasteiger partial charge >= 0.3 is 6.03 Å². The van der Waals surface area contributed by atoms with Gasteiger partial charge in [0.15, 0.2) is 5.82 Å². The number of rotatable bonds is 9. The molecule has 4 aromatic rings. The number of aromatic nitrogens is 5. The number of benzene rings is 1. The van der Waals surface area contributed by atoms with Crippen molar-refractivity contribution in [2.24, 2.45) is 0 Å². The fraction of sp³-hybridized carbons (Fsp3) is 0.292. The number of hydrogen-bond acceptors (Lipinski definition) is 7. The second kappa shape index (κ2) is 10.8. The van der Waals surface area contributed by atoms with Crippen LogP contribution in [0.15, 0.2) is 48.9 Å². The van der Waals surface area contributed by atoms with E-state index in [2.05, 4.69) is 40.5 Å². The van der Waals surface area contributed by atoms with Crippen LogP contribution < -0.4 is 10.6 Å². The van der Waals surface area contributed by atoms with Gasteiger partial charge in [0.1, 0.15) is 0 Å². The van der Waals surface area contributed by atoms with Gasteiger partial charge < -0.3 is 15.0 Å². The molecule has 3 heterocycles. The van der Waals surface area contributed by atoms with Crippen LogP contribution in [-0.4, -0.2) is 69.7 Å². The van der Waals surface area contributed by atoms with Crippen LogP contribution >= 0.6 is 0 Å². The maximum Gasteiger partial charge on any atom is 0.321 e.